The van der Waals surface area contributed by atoms with Crippen LogP contribution in [0.1, 0.15) is 41.7 Å². The number of aromatic nitrogens is 1. The number of nitrogens with zero attached hydrogens (tertiary/aromatic N) is 1. The maximum absolute atomic E-state index is 11.4. The quantitative estimate of drug-likeness (QED) is 0.929. The normalized spacial score (nSPS) is 11.6. The van der Waals surface area contributed by atoms with Crippen LogP contribution in [0.25, 0.3) is 10.6 Å². The number of benzene rings is 1. The van der Waals surface area contributed by atoms with Crippen LogP contribution in [0.2, 0.25) is 0 Å². The zero-order chi connectivity index (χ0) is 15.6. The van der Waals surface area contributed by atoms with Crippen molar-refractivity contribution in [2.45, 2.75) is 32.8 Å². The fraction of sp³-hybridized carbons (Fsp3) is 0.375. The Bertz CT molecular complexity index is 639. The number of ether oxygens (including phenoxy) is 1. The number of aromatic carboxylic acids is 1. The summed E-state index contributed by atoms with van der Waals surface area (Å²) in [6.07, 6.45) is 0. The second-order valence-corrected chi connectivity index (χ2v) is 6.88. The van der Waals surface area contributed by atoms with Crippen LogP contribution in [0.5, 0.6) is 0 Å². The van der Waals surface area contributed by atoms with E-state index in [9.17, 15) is 9.90 Å². The third-order valence-electron chi connectivity index (χ3n) is 3.04. The van der Waals surface area contributed by atoms with Gasteiger partial charge in [-0.25, -0.2) is 9.78 Å². The summed E-state index contributed by atoms with van der Waals surface area (Å²) in [4.78, 5) is 16.3. The van der Waals surface area contributed by atoms with Gasteiger partial charge in [0, 0.05) is 18.1 Å². The minimum absolute atomic E-state index is 0.293. The van der Waals surface area contributed by atoms with Crippen LogP contribution in [0, 0.1) is 0 Å². The Morgan fingerprint density at radius 2 is 1.90 bits per heavy atom. The van der Waals surface area contributed by atoms with E-state index < -0.39 is 5.97 Å². The number of carboxylic acid groups (broad SMARTS) is 1. The van der Waals surface area contributed by atoms with Crippen LogP contribution < -0.4 is 0 Å². The first-order chi connectivity index (χ1) is 9.82. The van der Waals surface area contributed by atoms with Crippen molar-refractivity contribution in [1.29, 1.82) is 0 Å². The van der Waals surface area contributed by atoms with E-state index in [1.165, 1.54) is 11.3 Å². The Morgan fingerprint density at radius 3 is 2.33 bits per heavy atom. The fourth-order valence-electron chi connectivity index (χ4n) is 2.01. The van der Waals surface area contributed by atoms with Gasteiger partial charge in [-0.05, 0) is 5.56 Å². The highest BCUT2D eigenvalue weighted by atomic mass is 32.1. The van der Waals surface area contributed by atoms with E-state index in [2.05, 4.69) is 4.98 Å². The number of methoxy groups -OCH3 is 1. The van der Waals surface area contributed by atoms with Crippen molar-refractivity contribution in [3.05, 3.63) is 40.4 Å². The van der Waals surface area contributed by atoms with Gasteiger partial charge in [0.1, 0.15) is 9.88 Å². The lowest BCUT2D eigenvalue weighted by Crippen LogP contribution is -2.16. The van der Waals surface area contributed by atoms with Crippen LogP contribution in [0.15, 0.2) is 24.3 Å². The van der Waals surface area contributed by atoms with E-state index >= 15 is 0 Å². The second kappa shape index (κ2) is 5.95. The fourth-order valence-corrected chi connectivity index (χ4v) is 3.13. The molecule has 0 aliphatic heterocycles. The van der Waals surface area contributed by atoms with Crippen LogP contribution in [0.4, 0.5) is 0 Å². The standard InChI is InChI=1S/C16H19NO3S/c1-16(2,3)13-12(15(18)19)21-14(17-13)11-7-5-10(6-8-11)9-20-4/h5-8H,9H2,1-4H3,(H,18,19). The molecule has 2 aromatic rings. The molecule has 0 atom stereocenters. The molecular formula is C16H19NO3S. The summed E-state index contributed by atoms with van der Waals surface area (Å²) in [5.41, 5.74) is 2.35. The van der Waals surface area contributed by atoms with Gasteiger partial charge in [-0.1, -0.05) is 45.0 Å². The molecule has 1 N–H and O–H groups in total. The molecule has 0 fully saturated rings. The van der Waals surface area contributed by atoms with Crippen LogP contribution >= 0.6 is 11.3 Å². The minimum Gasteiger partial charge on any atom is -0.477 e. The Labute approximate surface area is 128 Å². The Balaban J connectivity index is 2.43. The third kappa shape index (κ3) is 3.49. The molecule has 21 heavy (non-hydrogen) atoms. The predicted molar refractivity (Wildman–Crippen MR) is 83.9 cm³/mol. The lowest BCUT2D eigenvalue weighted by molar-refractivity contribution is 0.0699. The highest BCUT2D eigenvalue weighted by molar-refractivity contribution is 7.17. The molecule has 0 unspecified atom stereocenters. The van der Waals surface area contributed by atoms with Crippen molar-refractivity contribution in [1.82, 2.24) is 4.98 Å². The molecule has 1 aromatic heterocycles. The maximum Gasteiger partial charge on any atom is 0.347 e. The van der Waals surface area contributed by atoms with E-state index in [1.54, 1.807) is 7.11 Å². The summed E-state index contributed by atoms with van der Waals surface area (Å²) in [5.74, 6) is -0.917. The van der Waals surface area contributed by atoms with Crippen molar-refractivity contribution in [2.24, 2.45) is 0 Å². The summed E-state index contributed by atoms with van der Waals surface area (Å²) in [7, 11) is 1.66. The zero-order valence-electron chi connectivity index (χ0n) is 12.6. The number of thiazole rings is 1. The van der Waals surface area contributed by atoms with Gasteiger partial charge >= 0.3 is 5.97 Å². The largest absolute Gasteiger partial charge is 0.477 e. The van der Waals surface area contributed by atoms with Crippen molar-refractivity contribution in [3.63, 3.8) is 0 Å². The van der Waals surface area contributed by atoms with Gasteiger partial charge in [-0.3, -0.25) is 0 Å². The topological polar surface area (TPSA) is 59.4 Å². The smallest absolute Gasteiger partial charge is 0.347 e. The number of rotatable bonds is 4. The number of hydrogen-bond donors (Lipinski definition) is 1. The molecule has 0 saturated carbocycles. The van der Waals surface area contributed by atoms with E-state index in [4.69, 9.17) is 4.74 Å². The highest BCUT2D eigenvalue weighted by Crippen LogP contribution is 2.34. The molecule has 0 spiro atoms. The summed E-state index contributed by atoms with van der Waals surface area (Å²) in [5, 5.41) is 10.1. The molecule has 1 aromatic carbocycles. The maximum atomic E-state index is 11.4. The number of carboxylic acids is 1. The lowest BCUT2D eigenvalue weighted by atomic mass is 9.91. The first-order valence-electron chi connectivity index (χ1n) is 6.66. The van der Waals surface area contributed by atoms with Crippen LogP contribution in [0.3, 0.4) is 0 Å². The van der Waals surface area contributed by atoms with Crippen molar-refractivity contribution in [3.8, 4) is 10.6 Å². The van der Waals surface area contributed by atoms with Gasteiger partial charge in [0.25, 0.3) is 0 Å². The molecule has 112 valence electrons. The van der Waals surface area contributed by atoms with Gasteiger partial charge < -0.3 is 9.84 Å². The van der Waals surface area contributed by atoms with Crippen molar-refractivity contribution < 1.29 is 14.6 Å². The molecule has 0 radical (unpaired) electrons. The molecule has 4 nitrogen and oxygen atoms in total. The second-order valence-electron chi connectivity index (χ2n) is 5.88. The van der Waals surface area contributed by atoms with Gasteiger partial charge in [-0.2, -0.15) is 0 Å². The molecule has 0 aliphatic carbocycles. The average molecular weight is 305 g/mol. The SMILES string of the molecule is COCc1ccc(-c2nc(C(C)(C)C)c(C(=O)O)s2)cc1. The lowest BCUT2D eigenvalue weighted by Gasteiger charge is -2.16. The zero-order valence-corrected chi connectivity index (χ0v) is 13.5. The summed E-state index contributed by atoms with van der Waals surface area (Å²) in [6, 6.07) is 7.84. The highest BCUT2D eigenvalue weighted by Gasteiger charge is 2.27. The van der Waals surface area contributed by atoms with Gasteiger partial charge in [-0.15, -0.1) is 11.3 Å². The number of carbonyl (C=O) groups is 1. The Hall–Kier alpha value is -1.72. The summed E-state index contributed by atoms with van der Waals surface area (Å²) < 4.78 is 5.08. The van der Waals surface area contributed by atoms with E-state index in [-0.39, 0.29) is 5.41 Å². The molecule has 0 amide bonds. The molecule has 1 heterocycles. The van der Waals surface area contributed by atoms with Crippen LogP contribution in [-0.4, -0.2) is 23.2 Å². The third-order valence-corrected chi connectivity index (χ3v) is 4.14. The van der Waals surface area contributed by atoms with Gasteiger partial charge in [0.2, 0.25) is 0 Å². The molecule has 0 saturated heterocycles. The van der Waals surface area contributed by atoms with Crippen LogP contribution in [-0.2, 0) is 16.8 Å². The molecule has 5 heteroatoms. The first-order valence-corrected chi connectivity index (χ1v) is 7.47. The first kappa shape index (κ1) is 15.7. The molecule has 0 bridgehead atoms. The Morgan fingerprint density at radius 1 is 1.29 bits per heavy atom. The Kier molecular flexibility index (Phi) is 4.44. The van der Waals surface area contributed by atoms with Gasteiger partial charge in [0.05, 0.1) is 12.3 Å². The van der Waals surface area contributed by atoms with E-state index in [1.807, 2.05) is 45.0 Å². The average Bonchev–Trinajstić information content (AvgIpc) is 2.85. The van der Waals surface area contributed by atoms with E-state index in [0.717, 1.165) is 16.1 Å². The molecule has 2 rings (SSSR count). The van der Waals surface area contributed by atoms with Gasteiger partial charge in [0.15, 0.2) is 0 Å². The molecular weight excluding hydrogens is 286 g/mol. The van der Waals surface area contributed by atoms with Crippen molar-refractivity contribution in [2.75, 3.05) is 7.11 Å². The number of hydrogen-bond acceptors (Lipinski definition) is 4. The van der Waals surface area contributed by atoms with Crippen molar-refractivity contribution >= 4 is 17.3 Å². The van der Waals surface area contributed by atoms with E-state index in [0.29, 0.717) is 17.2 Å². The summed E-state index contributed by atoms with van der Waals surface area (Å²) in [6.45, 7) is 6.48. The monoisotopic (exact) mass is 305 g/mol. The predicted octanol–water partition coefficient (Wildman–Crippen LogP) is 3.95. The molecule has 0 aliphatic rings. The minimum atomic E-state index is -0.917. The summed E-state index contributed by atoms with van der Waals surface area (Å²) >= 11 is 1.22.